The molecular weight excluding hydrogens is 244 g/mol. The Labute approximate surface area is 101 Å². The van der Waals surface area contributed by atoms with E-state index in [1.165, 1.54) is 18.4 Å². The van der Waals surface area contributed by atoms with Gasteiger partial charge in [-0.1, -0.05) is 6.92 Å². The summed E-state index contributed by atoms with van der Waals surface area (Å²) >= 11 is 1.49. The molecule has 0 saturated carbocycles. The van der Waals surface area contributed by atoms with Gasteiger partial charge in [0.2, 0.25) is 10.0 Å². The topological polar surface area (TPSA) is 58.2 Å². The average Bonchev–Trinajstić information content (AvgIpc) is 2.61. The Morgan fingerprint density at radius 2 is 2.12 bits per heavy atom. The van der Waals surface area contributed by atoms with Crippen LogP contribution in [0, 0.1) is 6.92 Å². The van der Waals surface area contributed by atoms with Gasteiger partial charge in [-0.15, -0.1) is 11.3 Å². The van der Waals surface area contributed by atoms with Gasteiger partial charge in [0, 0.05) is 11.4 Å². The smallest absolute Gasteiger partial charge is 0.241 e. The molecule has 0 spiro atoms. The lowest BCUT2D eigenvalue weighted by molar-refractivity contribution is 0.585. The van der Waals surface area contributed by atoms with E-state index >= 15 is 0 Å². The SMILES string of the molecule is CCCNCc1scc(C)c1S(=O)(=O)NC. The minimum absolute atomic E-state index is 0.434. The summed E-state index contributed by atoms with van der Waals surface area (Å²) in [6.07, 6.45) is 1.04. The lowest BCUT2D eigenvalue weighted by Crippen LogP contribution is -2.22. The van der Waals surface area contributed by atoms with Crippen LogP contribution in [0.15, 0.2) is 10.3 Å². The molecular formula is C10H18N2O2S2. The Bertz CT molecular complexity index is 438. The summed E-state index contributed by atoms with van der Waals surface area (Å²) in [5, 5.41) is 5.10. The number of thiophene rings is 1. The number of nitrogens with one attached hydrogen (secondary N) is 2. The zero-order valence-corrected chi connectivity index (χ0v) is 11.5. The zero-order valence-electron chi connectivity index (χ0n) is 9.83. The van der Waals surface area contributed by atoms with Gasteiger partial charge in [0.05, 0.1) is 0 Å². The summed E-state index contributed by atoms with van der Waals surface area (Å²) in [6, 6.07) is 0. The summed E-state index contributed by atoms with van der Waals surface area (Å²) in [6.45, 7) is 5.42. The van der Waals surface area contributed by atoms with E-state index in [0.29, 0.717) is 11.4 Å². The molecule has 0 fully saturated rings. The normalized spacial score (nSPS) is 11.9. The summed E-state index contributed by atoms with van der Waals surface area (Å²) in [5.74, 6) is 0. The highest BCUT2D eigenvalue weighted by molar-refractivity contribution is 7.89. The molecule has 0 aromatic carbocycles. The standard InChI is InChI=1S/C10H18N2O2S2/c1-4-5-12-6-9-10(8(2)7-15-9)16(13,14)11-3/h7,11-12H,4-6H2,1-3H3. The molecule has 0 aliphatic heterocycles. The van der Waals surface area contributed by atoms with E-state index in [4.69, 9.17) is 0 Å². The molecule has 1 rings (SSSR count). The molecule has 4 nitrogen and oxygen atoms in total. The summed E-state index contributed by atoms with van der Waals surface area (Å²) in [7, 11) is -1.89. The molecule has 6 heteroatoms. The maximum atomic E-state index is 11.8. The minimum Gasteiger partial charge on any atom is -0.312 e. The third kappa shape index (κ3) is 3.04. The van der Waals surface area contributed by atoms with Crippen molar-refractivity contribution in [1.29, 1.82) is 0 Å². The van der Waals surface area contributed by atoms with Crippen molar-refractivity contribution in [1.82, 2.24) is 10.0 Å². The van der Waals surface area contributed by atoms with Gasteiger partial charge >= 0.3 is 0 Å². The van der Waals surface area contributed by atoms with Gasteiger partial charge in [0.1, 0.15) is 4.90 Å². The van der Waals surface area contributed by atoms with E-state index in [2.05, 4.69) is 17.0 Å². The van der Waals surface area contributed by atoms with Crippen molar-refractivity contribution in [3.63, 3.8) is 0 Å². The molecule has 1 aromatic rings. The third-order valence-electron chi connectivity index (χ3n) is 2.24. The molecule has 0 aliphatic rings. The molecule has 0 saturated heterocycles. The number of rotatable bonds is 6. The fourth-order valence-electron chi connectivity index (χ4n) is 1.45. The van der Waals surface area contributed by atoms with Crippen molar-refractivity contribution < 1.29 is 8.42 Å². The Morgan fingerprint density at radius 1 is 1.44 bits per heavy atom. The average molecular weight is 262 g/mol. The van der Waals surface area contributed by atoms with Crippen molar-refractivity contribution in [2.75, 3.05) is 13.6 Å². The predicted molar refractivity (Wildman–Crippen MR) is 67.3 cm³/mol. The lowest BCUT2D eigenvalue weighted by atomic mass is 10.3. The Kier molecular flexibility index (Phi) is 4.91. The molecule has 0 atom stereocenters. The molecule has 0 unspecified atom stereocenters. The molecule has 1 heterocycles. The van der Waals surface area contributed by atoms with E-state index in [9.17, 15) is 8.42 Å². The van der Waals surface area contributed by atoms with Crippen molar-refractivity contribution in [3.8, 4) is 0 Å². The molecule has 0 amide bonds. The van der Waals surface area contributed by atoms with Gasteiger partial charge in [-0.3, -0.25) is 0 Å². The van der Waals surface area contributed by atoms with Gasteiger partial charge in [-0.05, 0) is 37.9 Å². The van der Waals surface area contributed by atoms with Crippen molar-refractivity contribution in [2.24, 2.45) is 0 Å². The van der Waals surface area contributed by atoms with Crippen LogP contribution in [0.5, 0.6) is 0 Å². The molecule has 0 aliphatic carbocycles. The van der Waals surface area contributed by atoms with Crippen molar-refractivity contribution in [3.05, 3.63) is 15.8 Å². The number of aryl methyl sites for hydroxylation is 1. The molecule has 92 valence electrons. The summed E-state index contributed by atoms with van der Waals surface area (Å²) < 4.78 is 26.0. The van der Waals surface area contributed by atoms with Crippen molar-refractivity contribution >= 4 is 21.4 Å². The van der Waals surface area contributed by atoms with E-state index in [1.807, 2.05) is 12.3 Å². The van der Waals surface area contributed by atoms with Crippen LogP contribution in [0.3, 0.4) is 0 Å². The second-order valence-electron chi connectivity index (χ2n) is 3.56. The second kappa shape index (κ2) is 5.77. The molecule has 16 heavy (non-hydrogen) atoms. The first kappa shape index (κ1) is 13.6. The summed E-state index contributed by atoms with van der Waals surface area (Å²) in [4.78, 5) is 1.31. The van der Waals surface area contributed by atoms with Crippen LogP contribution in [0.25, 0.3) is 0 Å². The van der Waals surface area contributed by atoms with E-state index in [-0.39, 0.29) is 0 Å². The number of sulfonamides is 1. The van der Waals surface area contributed by atoms with Crippen LogP contribution in [0.4, 0.5) is 0 Å². The maximum absolute atomic E-state index is 11.8. The quantitative estimate of drug-likeness (QED) is 0.763. The first-order chi connectivity index (χ1) is 7.53. The van der Waals surface area contributed by atoms with E-state index in [0.717, 1.165) is 23.4 Å². The van der Waals surface area contributed by atoms with E-state index < -0.39 is 10.0 Å². The van der Waals surface area contributed by atoms with Crippen LogP contribution >= 0.6 is 11.3 Å². The first-order valence-corrected chi connectivity index (χ1v) is 7.60. The highest BCUT2D eigenvalue weighted by Crippen LogP contribution is 2.26. The monoisotopic (exact) mass is 262 g/mol. The zero-order chi connectivity index (χ0) is 12.2. The predicted octanol–water partition coefficient (Wildman–Crippen LogP) is 1.46. The van der Waals surface area contributed by atoms with Crippen LogP contribution in [0.2, 0.25) is 0 Å². The van der Waals surface area contributed by atoms with Crippen molar-refractivity contribution in [2.45, 2.75) is 31.7 Å². The Morgan fingerprint density at radius 3 is 2.69 bits per heavy atom. The molecule has 0 radical (unpaired) electrons. The van der Waals surface area contributed by atoms with Crippen LogP contribution < -0.4 is 10.0 Å². The third-order valence-corrected chi connectivity index (χ3v) is 5.12. The maximum Gasteiger partial charge on any atom is 0.241 e. The minimum atomic E-state index is -3.33. The van der Waals surface area contributed by atoms with Gasteiger partial charge in [-0.25, -0.2) is 13.1 Å². The Hall–Kier alpha value is -0.430. The fourth-order valence-corrected chi connectivity index (χ4v) is 3.95. The highest BCUT2D eigenvalue weighted by atomic mass is 32.2. The van der Waals surface area contributed by atoms with Gasteiger partial charge < -0.3 is 5.32 Å². The largest absolute Gasteiger partial charge is 0.312 e. The van der Waals surface area contributed by atoms with Gasteiger partial charge in [0.25, 0.3) is 0 Å². The van der Waals surface area contributed by atoms with Crippen LogP contribution in [-0.2, 0) is 16.6 Å². The second-order valence-corrected chi connectivity index (χ2v) is 6.34. The van der Waals surface area contributed by atoms with Crippen LogP contribution in [-0.4, -0.2) is 22.0 Å². The number of hydrogen-bond donors (Lipinski definition) is 2. The highest BCUT2D eigenvalue weighted by Gasteiger charge is 2.20. The van der Waals surface area contributed by atoms with Gasteiger partial charge in [-0.2, -0.15) is 0 Å². The van der Waals surface area contributed by atoms with Gasteiger partial charge in [0.15, 0.2) is 0 Å². The molecule has 2 N–H and O–H groups in total. The van der Waals surface area contributed by atoms with E-state index in [1.54, 1.807) is 0 Å². The molecule has 1 aromatic heterocycles. The first-order valence-electron chi connectivity index (χ1n) is 5.24. The fraction of sp³-hybridized carbons (Fsp3) is 0.600. The Balaban J connectivity index is 2.95. The van der Waals surface area contributed by atoms with Crippen LogP contribution in [0.1, 0.15) is 23.8 Å². The molecule has 0 bridgehead atoms. The lowest BCUT2D eigenvalue weighted by Gasteiger charge is -2.06. The number of hydrogen-bond acceptors (Lipinski definition) is 4. The summed E-state index contributed by atoms with van der Waals surface area (Å²) in [5.41, 5.74) is 0.813.